The van der Waals surface area contributed by atoms with E-state index in [1.807, 2.05) is 0 Å². The lowest BCUT2D eigenvalue weighted by atomic mass is 9.84. The van der Waals surface area contributed by atoms with Crippen LogP contribution in [0, 0.1) is 11.8 Å². The Hall–Kier alpha value is -0.570. The Kier molecular flexibility index (Phi) is 8.11. The monoisotopic (exact) mass is 268 g/mol. The van der Waals surface area contributed by atoms with Gasteiger partial charge in [0.1, 0.15) is 0 Å². The van der Waals surface area contributed by atoms with Crippen LogP contribution in [0.15, 0.2) is 0 Å². The first-order chi connectivity index (χ1) is 9.19. The van der Waals surface area contributed by atoms with Crippen LogP contribution in [0.1, 0.15) is 71.6 Å². The van der Waals surface area contributed by atoms with Gasteiger partial charge in [0, 0.05) is 12.5 Å². The zero-order valence-corrected chi connectivity index (χ0v) is 12.8. The molecule has 3 nitrogen and oxygen atoms in total. The van der Waals surface area contributed by atoms with Crippen LogP contribution in [0.25, 0.3) is 0 Å². The number of carbonyl (C=O) groups is 1. The number of amides is 1. The first-order valence-electron chi connectivity index (χ1n) is 8.18. The van der Waals surface area contributed by atoms with E-state index in [2.05, 4.69) is 19.2 Å². The van der Waals surface area contributed by atoms with Crippen LogP contribution in [-0.2, 0) is 4.79 Å². The molecule has 112 valence electrons. The second-order valence-corrected chi connectivity index (χ2v) is 6.10. The van der Waals surface area contributed by atoms with E-state index in [0.717, 1.165) is 31.7 Å². The summed E-state index contributed by atoms with van der Waals surface area (Å²) < 4.78 is 0. The minimum Gasteiger partial charge on any atom is -0.353 e. The summed E-state index contributed by atoms with van der Waals surface area (Å²) in [6, 6.07) is 0.431. The van der Waals surface area contributed by atoms with Gasteiger partial charge >= 0.3 is 0 Å². The van der Waals surface area contributed by atoms with Crippen molar-refractivity contribution in [2.45, 2.75) is 77.7 Å². The fourth-order valence-electron chi connectivity index (χ4n) is 3.22. The molecule has 1 aliphatic carbocycles. The van der Waals surface area contributed by atoms with E-state index in [0.29, 0.717) is 18.4 Å². The van der Waals surface area contributed by atoms with Crippen LogP contribution in [-0.4, -0.2) is 18.5 Å². The highest BCUT2D eigenvalue weighted by molar-refractivity contribution is 5.76. The molecule has 1 rings (SSSR count). The Bertz CT molecular complexity index is 255. The Morgan fingerprint density at radius 3 is 2.74 bits per heavy atom. The van der Waals surface area contributed by atoms with Crippen molar-refractivity contribution in [2.24, 2.45) is 17.6 Å². The van der Waals surface area contributed by atoms with Gasteiger partial charge in [-0.3, -0.25) is 4.79 Å². The van der Waals surface area contributed by atoms with Crippen molar-refractivity contribution in [3.05, 3.63) is 0 Å². The molecule has 0 spiro atoms. The van der Waals surface area contributed by atoms with Gasteiger partial charge in [-0.05, 0) is 44.1 Å². The number of carbonyl (C=O) groups excluding carboxylic acids is 1. The molecule has 1 saturated carbocycles. The highest BCUT2D eigenvalue weighted by Gasteiger charge is 2.22. The Labute approximate surface area is 118 Å². The van der Waals surface area contributed by atoms with Gasteiger partial charge in [0.15, 0.2) is 0 Å². The van der Waals surface area contributed by atoms with Gasteiger partial charge < -0.3 is 11.1 Å². The molecule has 1 fully saturated rings. The van der Waals surface area contributed by atoms with Crippen LogP contribution in [0.2, 0.25) is 0 Å². The molecule has 3 N–H and O–H groups in total. The van der Waals surface area contributed by atoms with Gasteiger partial charge in [-0.1, -0.05) is 39.5 Å². The van der Waals surface area contributed by atoms with E-state index in [1.54, 1.807) is 0 Å². The standard InChI is InChI=1S/C16H32N2O/c1-3-13(10-11-17)8-9-16(19)18-15-7-5-6-14(4-2)12-15/h13-15H,3-12,17H2,1-2H3,(H,18,19). The predicted octanol–water partition coefficient (Wildman–Crippen LogP) is 3.23. The molecule has 0 aliphatic heterocycles. The normalized spacial score (nSPS) is 25.0. The maximum atomic E-state index is 12.0. The molecular formula is C16H32N2O. The zero-order chi connectivity index (χ0) is 14.1. The second kappa shape index (κ2) is 9.35. The smallest absolute Gasteiger partial charge is 0.220 e. The second-order valence-electron chi connectivity index (χ2n) is 6.10. The molecular weight excluding hydrogens is 236 g/mol. The lowest BCUT2D eigenvalue weighted by Crippen LogP contribution is -2.38. The van der Waals surface area contributed by atoms with Crippen LogP contribution in [0.5, 0.6) is 0 Å². The van der Waals surface area contributed by atoms with Gasteiger partial charge in [0.05, 0.1) is 0 Å². The quantitative estimate of drug-likeness (QED) is 0.710. The third-order valence-corrected chi connectivity index (χ3v) is 4.66. The van der Waals surface area contributed by atoms with Crippen LogP contribution in [0.3, 0.4) is 0 Å². The highest BCUT2D eigenvalue weighted by atomic mass is 16.1. The molecule has 3 heteroatoms. The number of nitrogens with two attached hydrogens (primary N) is 1. The van der Waals surface area contributed by atoms with Crippen molar-refractivity contribution >= 4 is 5.91 Å². The first-order valence-corrected chi connectivity index (χ1v) is 8.18. The fraction of sp³-hybridized carbons (Fsp3) is 0.938. The molecule has 0 aromatic heterocycles. The largest absolute Gasteiger partial charge is 0.353 e. The van der Waals surface area contributed by atoms with Crippen molar-refractivity contribution in [1.82, 2.24) is 5.32 Å². The summed E-state index contributed by atoms with van der Waals surface area (Å²) in [5.74, 6) is 1.68. The maximum Gasteiger partial charge on any atom is 0.220 e. The number of nitrogens with one attached hydrogen (secondary N) is 1. The highest BCUT2D eigenvalue weighted by Crippen LogP contribution is 2.26. The molecule has 0 aromatic carbocycles. The van der Waals surface area contributed by atoms with E-state index >= 15 is 0 Å². The van der Waals surface area contributed by atoms with Crippen molar-refractivity contribution in [2.75, 3.05) is 6.54 Å². The average molecular weight is 268 g/mol. The molecule has 1 aliphatic rings. The summed E-state index contributed by atoms with van der Waals surface area (Å²) in [7, 11) is 0. The summed E-state index contributed by atoms with van der Waals surface area (Å²) in [6.07, 6.45) is 10.1. The molecule has 0 radical (unpaired) electrons. The van der Waals surface area contributed by atoms with Crippen molar-refractivity contribution in [1.29, 1.82) is 0 Å². The molecule has 0 heterocycles. The first kappa shape index (κ1) is 16.5. The Morgan fingerprint density at radius 2 is 2.11 bits per heavy atom. The molecule has 0 saturated heterocycles. The lowest BCUT2D eigenvalue weighted by molar-refractivity contribution is -0.122. The van der Waals surface area contributed by atoms with E-state index < -0.39 is 0 Å². The molecule has 19 heavy (non-hydrogen) atoms. The van der Waals surface area contributed by atoms with E-state index in [9.17, 15) is 4.79 Å². The van der Waals surface area contributed by atoms with Crippen molar-refractivity contribution in [3.63, 3.8) is 0 Å². The third kappa shape index (κ3) is 6.42. The van der Waals surface area contributed by atoms with E-state index in [4.69, 9.17) is 5.73 Å². The van der Waals surface area contributed by atoms with E-state index in [-0.39, 0.29) is 5.91 Å². The number of hydrogen-bond acceptors (Lipinski definition) is 2. The number of rotatable bonds is 8. The average Bonchev–Trinajstić information content (AvgIpc) is 2.43. The minimum absolute atomic E-state index is 0.247. The topological polar surface area (TPSA) is 55.1 Å². The van der Waals surface area contributed by atoms with Crippen LogP contribution >= 0.6 is 0 Å². The molecule has 0 aromatic rings. The SMILES string of the molecule is CCC(CCN)CCC(=O)NC1CCCC(CC)C1. The van der Waals surface area contributed by atoms with Crippen molar-refractivity contribution < 1.29 is 4.79 Å². The van der Waals surface area contributed by atoms with Gasteiger partial charge in [0.2, 0.25) is 5.91 Å². The van der Waals surface area contributed by atoms with Crippen molar-refractivity contribution in [3.8, 4) is 0 Å². The molecule has 3 atom stereocenters. The lowest BCUT2D eigenvalue weighted by Gasteiger charge is -2.29. The summed E-state index contributed by atoms with van der Waals surface area (Å²) in [5.41, 5.74) is 5.59. The minimum atomic E-state index is 0.247. The molecule has 0 bridgehead atoms. The van der Waals surface area contributed by atoms with Gasteiger partial charge in [-0.25, -0.2) is 0 Å². The maximum absolute atomic E-state index is 12.0. The molecule has 3 unspecified atom stereocenters. The third-order valence-electron chi connectivity index (χ3n) is 4.66. The Balaban J connectivity index is 2.22. The van der Waals surface area contributed by atoms with Gasteiger partial charge in [-0.2, -0.15) is 0 Å². The predicted molar refractivity (Wildman–Crippen MR) is 80.9 cm³/mol. The summed E-state index contributed by atoms with van der Waals surface area (Å²) in [4.78, 5) is 12.0. The van der Waals surface area contributed by atoms with E-state index in [1.165, 1.54) is 32.1 Å². The van der Waals surface area contributed by atoms with Crippen LogP contribution < -0.4 is 11.1 Å². The number of hydrogen-bond donors (Lipinski definition) is 2. The summed E-state index contributed by atoms with van der Waals surface area (Å²) in [5, 5.41) is 3.23. The van der Waals surface area contributed by atoms with Crippen LogP contribution in [0.4, 0.5) is 0 Å². The zero-order valence-electron chi connectivity index (χ0n) is 12.8. The summed E-state index contributed by atoms with van der Waals surface area (Å²) >= 11 is 0. The summed E-state index contributed by atoms with van der Waals surface area (Å²) in [6.45, 7) is 5.18. The van der Waals surface area contributed by atoms with Gasteiger partial charge in [-0.15, -0.1) is 0 Å². The Morgan fingerprint density at radius 1 is 1.32 bits per heavy atom. The fourth-order valence-corrected chi connectivity index (χ4v) is 3.22. The molecule has 1 amide bonds. The van der Waals surface area contributed by atoms with Gasteiger partial charge in [0.25, 0.3) is 0 Å².